The van der Waals surface area contributed by atoms with Gasteiger partial charge in [-0.2, -0.15) is 0 Å². The molecule has 0 aliphatic carbocycles. The third-order valence-electron chi connectivity index (χ3n) is 21.4. The summed E-state index contributed by atoms with van der Waals surface area (Å²) in [5.41, 5.74) is 7.30. The minimum atomic E-state index is -0.477. The van der Waals surface area contributed by atoms with Crippen LogP contribution in [0.3, 0.4) is 0 Å². The average molecular weight is 1650 g/mol. The number of likely N-dealkylation sites (N-methyl/N-ethyl adjacent to an activating group) is 1. The molecular weight excluding hydrogens is 1540 g/mol. The number of ether oxygens (including phenoxy) is 1. The van der Waals surface area contributed by atoms with Crippen molar-refractivity contribution in [3.8, 4) is 0 Å². The fourth-order valence-corrected chi connectivity index (χ4v) is 19.4. The van der Waals surface area contributed by atoms with E-state index in [1.807, 2.05) is 37.9 Å². The summed E-state index contributed by atoms with van der Waals surface area (Å²) in [6, 6.07) is 54.0. The van der Waals surface area contributed by atoms with Gasteiger partial charge in [-0.3, -0.25) is 59.2 Å². The lowest BCUT2D eigenvalue weighted by atomic mass is 9.89. The smallest absolute Gasteiger partial charge is 0.413 e. The number of thiazole rings is 5. The summed E-state index contributed by atoms with van der Waals surface area (Å²) in [5.74, 6) is 3.02. The third-order valence-corrected chi connectivity index (χ3v) is 26.0. The number of anilines is 5. The lowest BCUT2D eigenvalue weighted by Gasteiger charge is -2.31. The fourth-order valence-electron chi connectivity index (χ4n) is 15.0. The highest BCUT2D eigenvalue weighted by Crippen LogP contribution is 2.36. The van der Waals surface area contributed by atoms with Gasteiger partial charge in [0.15, 0.2) is 25.7 Å². The summed E-state index contributed by atoms with van der Waals surface area (Å²) >= 11 is 7.77. The highest BCUT2D eigenvalue weighted by atomic mass is 32.1. The van der Waals surface area contributed by atoms with Crippen LogP contribution in [0.4, 0.5) is 30.5 Å². The first-order valence-corrected chi connectivity index (χ1v) is 44.0. The number of benzene rings is 5. The van der Waals surface area contributed by atoms with E-state index < -0.39 is 6.09 Å². The van der Waals surface area contributed by atoms with Gasteiger partial charge in [0.05, 0.1) is 7.11 Å². The number of methoxy groups -OCH3 is 1. The van der Waals surface area contributed by atoms with E-state index in [0.29, 0.717) is 56.5 Å². The summed E-state index contributed by atoms with van der Waals surface area (Å²) < 4.78 is 4.57. The molecule has 5 aliphatic rings. The van der Waals surface area contributed by atoms with Crippen molar-refractivity contribution in [2.24, 2.45) is 0 Å². The normalized spacial score (nSPS) is 16.3. The second kappa shape index (κ2) is 45.8. The Balaban J connectivity index is 0.000000142. The van der Waals surface area contributed by atoms with Gasteiger partial charge in [0.2, 0.25) is 17.7 Å². The molecular formula is C89H109N15O6S5. The van der Waals surface area contributed by atoms with Gasteiger partial charge in [-0.25, -0.2) is 29.7 Å². The zero-order chi connectivity index (χ0) is 80.5. The molecule has 21 nitrogen and oxygen atoms in total. The fraction of sp³-hybridized carbons (Fsp3) is 0.393. The summed E-state index contributed by atoms with van der Waals surface area (Å²) in [6.45, 7) is 26.0. The first kappa shape index (κ1) is 86.5. The molecule has 10 aromatic rings. The van der Waals surface area contributed by atoms with Crippen LogP contribution >= 0.6 is 56.7 Å². The lowest BCUT2D eigenvalue weighted by molar-refractivity contribution is -0.116. The number of rotatable bonds is 23. The van der Waals surface area contributed by atoms with Crippen LogP contribution in [0.25, 0.3) is 0 Å². The Morgan fingerprint density at radius 3 is 0.939 bits per heavy atom. The Labute approximate surface area is 698 Å². The molecule has 0 unspecified atom stereocenters. The Bertz CT molecular complexity index is 4470. The number of amides is 5. The maximum atomic E-state index is 11.6. The van der Waals surface area contributed by atoms with E-state index in [-0.39, 0.29) is 23.6 Å². The second-order valence-electron chi connectivity index (χ2n) is 29.4. The van der Waals surface area contributed by atoms with Gasteiger partial charge in [0, 0.05) is 108 Å². The Morgan fingerprint density at radius 1 is 0.400 bits per heavy atom. The van der Waals surface area contributed by atoms with Crippen LogP contribution in [0, 0.1) is 0 Å². The van der Waals surface area contributed by atoms with Crippen molar-refractivity contribution in [2.75, 3.05) is 106 Å². The van der Waals surface area contributed by atoms with E-state index >= 15 is 0 Å². The van der Waals surface area contributed by atoms with E-state index in [1.54, 1.807) is 46.0 Å². The Morgan fingerprint density at radius 2 is 0.670 bits per heavy atom. The first-order valence-electron chi connectivity index (χ1n) is 40.0. The van der Waals surface area contributed by atoms with Gasteiger partial charge < -0.3 is 15.4 Å². The maximum absolute atomic E-state index is 11.6. The van der Waals surface area contributed by atoms with E-state index in [9.17, 15) is 24.0 Å². The molecule has 0 spiro atoms. The topological polar surface area (TPSA) is 227 Å². The molecule has 10 heterocycles. The van der Waals surface area contributed by atoms with E-state index in [0.717, 1.165) is 108 Å². The molecule has 4 N–H and O–H groups in total. The van der Waals surface area contributed by atoms with Gasteiger partial charge in [-0.1, -0.05) is 172 Å². The zero-order valence-corrected chi connectivity index (χ0v) is 70.7. The van der Waals surface area contributed by atoms with Crippen LogP contribution in [-0.2, 0) is 56.6 Å². The number of carbonyl (C=O) groups excluding carboxylic acids is 5. The van der Waals surface area contributed by atoms with Gasteiger partial charge in [-0.05, 0) is 199 Å². The molecule has 115 heavy (non-hydrogen) atoms. The van der Waals surface area contributed by atoms with Crippen molar-refractivity contribution in [1.82, 2.24) is 49.4 Å². The standard InChI is InChI=1S/C19H23N3OS.C18H23N3OS.C18H21N3OS.C17H21N3O2S.C17H21N3OS/c1-3-18(23)21(2)19-20-13-17(24-19)14-22-11-9-16(10-12-22)15-7-5-4-6-8-15;2*1-2-17(22)20-18-19-12-16(23-18)13-21-10-8-15(9-11-21)14-6-4-3-5-7-14;1-22-17(21)19-16-18-11-15(23-16)12-20-9-7-14(8-10-20)13-5-3-2-4-6-13;1-13(21)19-17-18-11-16(22-17)12-20-9-7-15(8-10-20)14-5-3-2-4-6-14/h3-8,13,16H,1,9-12,14H2,2H3;3-7,12,15H,2,8-11,13H2,1H3,(H,19,20,22);2-7,12,15H,1,8-11,13H2,(H,19,20,22);2-6,11,14H,7-10,12H2,1H3,(H,18,19,21);2-6,11,15H,7-10,12H2,1H3,(H,18,19,21). The predicted molar refractivity (Wildman–Crippen MR) is 471 cm³/mol. The minimum absolute atomic E-state index is 0.0228. The summed E-state index contributed by atoms with van der Waals surface area (Å²) in [4.78, 5) is 97.8. The molecule has 606 valence electrons. The SMILES string of the molecule is C=CC(=O)N(C)c1ncc(CN2CCC(c3ccccc3)CC2)s1.C=CC(=O)Nc1ncc(CN2CCC(c3ccccc3)CC2)s1.CC(=O)Nc1ncc(CN2CCC(c3ccccc3)CC2)s1.CCC(=O)Nc1ncc(CN2CCC(c3ccccc3)CC2)s1.COC(=O)Nc1ncc(CN2CCC(c3ccccc3)CC2)s1. The number of hydrogen-bond acceptors (Lipinski definition) is 21. The molecule has 5 aromatic heterocycles. The number of nitrogens with zero attached hydrogens (tertiary/aromatic N) is 11. The van der Waals surface area contributed by atoms with Crippen molar-refractivity contribution in [3.63, 3.8) is 0 Å². The average Bonchev–Trinajstić information content (AvgIpc) is 1.77. The van der Waals surface area contributed by atoms with Crippen LogP contribution in [0.5, 0.6) is 0 Å². The molecule has 5 aliphatic heterocycles. The largest absolute Gasteiger partial charge is 0.453 e. The lowest BCUT2D eigenvalue weighted by Crippen LogP contribution is -2.32. The molecule has 5 amide bonds. The number of nitrogens with one attached hydrogen (secondary N) is 4. The molecule has 0 radical (unpaired) electrons. The third kappa shape index (κ3) is 28.2. The van der Waals surface area contributed by atoms with Crippen molar-refractivity contribution < 1.29 is 28.7 Å². The Hall–Kier alpha value is -9.32. The van der Waals surface area contributed by atoms with E-state index in [1.165, 1.54) is 160 Å². The van der Waals surface area contributed by atoms with E-state index in [4.69, 9.17) is 0 Å². The molecule has 5 aromatic carbocycles. The number of piperidine rings is 5. The quantitative estimate of drug-likeness (QED) is 0.0437. The molecule has 5 saturated heterocycles. The van der Waals surface area contributed by atoms with Crippen LogP contribution in [0.15, 0.2) is 208 Å². The van der Waals surface area contributed by atoms with Crippen molar-refractivity contribution in [3.05, 3.63) is 260 Å². The summed E-state index contributed by atoms with van der Waals surface area (Å²) in [6.07, 6.45) is 23.9. The highest BCUT2D eigenvalue weighted by molar-refractivity contribution is 7.17. The predicted octanol–water partition coefficient (Wildman–Crippen LogP) is 18.4. The molecule has 15 rings (SSSR count). The zero-order valence-electron chi connectivity index (χ0n) is 66.6. The van der Waals surface area contributed by atoms with Gasteiger partial charge >= 0.3 is 6.09 Å². The van der Waals surface area contributed by atoms with Gasteiger partial charge in [-0.15, -0.1) is 56.7 Å². The van der Waals surface area contributed by atoms with Crippen LogP contribution in [0.1, 0.15) is 166 Å². The van der Waals surface area contributed by atoms with Gasteiger partial charge in [0.1, 0.15) is 0 Å². The van der Waals surface area contributed by atoms with Crippen LogP contribution in [-0.4, -0.2) is 159 Å². The molecule has 0 atom stereocenters. The highest BCUT2D eigenvalue weighted by Gasteiger charge is 2.27. The summed E-state index contributed by atoms with van der Waals surface area (Å²) in [5, 5.41) is 14.3. The molecule has 26 heteroatoms. The summed E-state index contributed by atoms with van der Waals surface area (Å²) in [7, 11) is 3.08. The number of carbonyl (C=O) groups is 5. The van der Waals surface area contributed by atoms with Crippen molar-refractivity contribution >= 4 is 112 Å². The number of likely N-dealkylation sites (tertiary alicyclic amines) is 5. The van der Waals surface area contributed by atoms with Crippen molar-refractivity contribution in [2.45, 2.75) is 147 Å². The first-order chi connectivity index (χ1) is 56.1. The van der Waals surface area contributed by atoms with Gasteiger partial charge in [0.25, 0.3) is 5.91 Å². The van der Waals surface area contributed by atoms with E-state index in [2.05, 4.69) is 240 Å². The molecule has 0 saturated carbocycles. The number of hydrogen-bond donors (Lipinski definition) is 4. The molecule has 5 fully saturated rings. The molecule has 0 bridgehead atoms. The van der Waals surface area contributed by atoms with Crippen LogP contribution < -0.4 is 26.2 Å². The van der Waals surface area contributed by atoms with Crippen molar-refractivity contribution in [1.29, 1.82) is 0 Å². The minimum Gasteiger partial charge on any atom is -0.453 e. The monoisotopic (exact) mass is 1640 g/mol. The Kier molecular flexibility index (Phi) is 34.5. The number of aromatic nitrogens is 5. The maximum Gasteiger partial charge on any atom is 0.413 e. The second-order valence-corrected chi connectivity index (χ2v) is 35.0. The van der Waals surface area contributed by atoms with Crippen LogP contribution in [0.2, 0.25) is 0 Å².